The third-order valence-electron chi connectivity index (χ3n) is 4.25. The molecule has 5 heteroatoms. The molecule has 4 nitrogen and oxygen atoms in total. The number of rotatable bonds is 2. The molecule has 0 atom stereocenters. The van der Waals surface area contributed by atoms with Crippen LogP contribution >= 0.6 is 0 Å². The summed E-state index contributed by atoms with van der Waals surface area (Å²) >= 11 is 0. The minimum Gasteiger partial charge on any atom is -0.278 e. The second kappa shape index (κ2) is 5.02. The summed E-state index contributed by atoms with van der Waals surface area (Å²) in [7, 11) is 0. The fraction of sp³-hybridized carbons (Fsp3) is 0.235. The van der Waals surface area contributed by atoms with Crippen molar-refractivity contribution < 1.29 is 4.39 Å². The third kappa shape index (κ3) is 2.01. The van der Waals surface area contributed by atoms with Gasteiger partial charge in [-0.1, -0.05) is 6.07 Å². The zero-order valence-corrected chi connectivity index (χ0v) is 12.9. The van der Waals surface area contributed by atoms with Crippen molar-refractivity contribution in [3.63, 3.8) is 0 Å². The SMILES string of the molecule is Cc1cc(C)c(C)c(-c2nc3ccc(F)cn3c2N=O)c1C. The number of nitrogens with zero attached hydrogens (tertiary/aromatic N) is 3. The van der Waals surface area contributed by atoms with Crippen LogP contribution in [0.25, 0.3) is 16.9 Å². The average Bonchev–Trinajstić information content (AvgIpc) is 2.83. The van der Waals surface area contributed by atoms with Crippen LogP contribution in [0.1, 0.15) is 22.3 Å². The van der Waals surface area contributed by atoms with Crippen LogP contribution in [-0.4, -0.2) is 9.38 Å². The Hall–Kier alpha value is -2.56. The van der Waals surface area contributed by atoms with Crippen LogP contribution in [0.2, 0.25) is 0 Å². The van der Waals surface area contributed by atoms with E-state index in [2.05, 4.69) is 16.2 Å². The van der Waals surface area contributed by atoms with Crippen molar-refractivity contribution in [3.8, 4) is 11.3 Å². The first-order valence-corrected chi connectivity index (χ1v) is 7.02. The number of nitroso groups, excluding NO2 is 1. The lowest BCUT2D eigenvalue weighted by atomic mass is 9.92. The molecule has 0 amide bonds. The Morgan fingerprint density at radius 3 is 2.32 bits per heavy atom. The van der Waals surface area contributed by atoms with Gasteiger partial charge in [-0.05, 0) is 67.3 Å². The van der Waals surface area contributed by atoms with Gasteiger partial charge >= 0.3 is 0 Å². The predicted octanol–water partition coefficient (Wildman–Crippen LogP) is 4.77. The van der Waals surface area contributed by atoms with Crippen LogP contribution in [0, 0.1) is 38.4 Å². The monoisotopic (exact) mass is 297 g/mol. The summed E-state index contributed by atoms with van der Waals surface area (Å²) in [5.74, 6) is -0.305. The van der Waals surface area contributed by atoms with E-state index >= 15 is 0 Å². The van der Waals surface area contributed by atoms with Gasteiger partial charge in [0.15, 0.2) is 0 Å². The molecule has 0 N–H and O–H groups in total. The van der Waals surface area contributed by atoms with Crippen LogP contribution in [0.3, 0.4) is 0 Å². The summed E-state index contributed by atoms with van der Waals surface area (Å²) in [6, 6.07) is 4.97. The maximum atomic E-state index is 13.5. The Balaban J connectivity index is 2.43. The first kappa shape index (κ1) is 14.4. The highest BCUT2D eigenvalue weighted by molar-refractivity contribution is 5.80. The molecular formula is C17H16FN3O. The van der Waals surface area contributed by atoms with E-state index in [4.69, 9.17) is 0 Å². The fourth-order valence-corrected chi connectivity index (χ4v) is 2.83. The molecule has 0 radical (unpaired) electrons. The number of imidazole rings is 1. The van der Waals surface area contributed by atoms with Gasteiger partial charge in [0.25, 0.3) is 0 Å². The molecular weight excluding hydrogens is 281 g/mol. The standard InChI is InChI=1S/C17H16FN3O/c1-9-7-10(2)12(4)15(11(9)3)16-17(20-22)21-8-13(18)5-6-14(21)19-16/h5-8H,1-4H3. The molecule has 22 heavy (non-hydrogen) atoms. The number of benzene rings is 1. The molecule has 0 bridgehead atoms. The minimum atomic E-state index is -0.435. The summed E-state index contributed by atoms with van der Waals surface area (Å²) in [4.78, 5) is 15.8. The van der Waals surface area contributed by atoms with E-state index in [0.717, 1.165) is 27.8 Å². The number of fused-ring (bicyclic) bond motifs is 1. The van der Waals surface area contributed by atoms with E-state index in [0.29, 0.717) is 11.3 Å². The lowest BCUT2D eigenvalue weighted by molar-refractivity contribution is 0.619. The van der Waals surface area contributed by atoms with E-state index in [9.17, 15) is 9.30 Å². The maximum Gasteiger partial charge on any atom is 0.209 e. The number of aromatic nitrogens is 2. The second-order valence-corrected chi connectivity index (χ2v) is 5.59. The molecule has 2 heterocycles. The summed E-state index contributed by atoms with van der Waals surface area (Å²) < 4.78 is 14.9. The van der Waals surface area contributed by atoms with Crippen LogP contribution in [-0.2, 0) is 0 Å². The van der Waals surface area contributed by atoms with Gasteiger partial charge in [0, 0.05) is 11.8 Å². The first-order chi connectivity index (χ1) is 10.4. The van der Waals surface area contributed by atoms with Gasteiger partial charge in [-0.25, -0.2) is 9.37 Å². The molecule has 2 aromatic heterocycles. The van der Waals surface area contributed by atoms with E-state index < -0.39 is 5.82 Å². The summed E-state index contributed by atoms with van der Waals surface area (Å²) in [6.07, 6.45) is 1.23. The third-order valence-corrected chi connectivity index (χ3v) is 4.25. The molecule has 3 aromatic rings. The summed E-state index contributed by atoms with van der Waals surface area (Å²) in [5.41, 5.74) is 6.26. The van der Waals surface area contributed by atoms with Crippen LogP contribution < -0.4 is 0 Å². The lowest BCUT2D eigenvalue weighted by Crippen LogP contribution is -1.95. The van der Waals surface area contributed by atoms with Crippen molar-refractivity contribution in [2.45, 2.75) is 27.7 Å². The molecule has 0 unspecified atom stereocenters. The summed E-state index contributed by atoms with van der Waals surface area (Å²) in [6.45, 7) is 8.04. The zero-order chi connectivity index (χ0) is 16.0. The molecule has 0 aliphatic carbocycles. The molecule has 0 saturated heterocycles. The molecule has 0 aliphatic heterocycles. The largest absolute Gasteiger partial charge is 0.278 e. The highest BCUT2D eigenvalue weighted by atomic mass is 19.1. The first-order valence-electron chi connectivity index (χ1n) is 7.02. The second-order valence-electron chi connectivity index (χ2n) is 5.59. The van der Waals surface area contributed by atoms with Gasteiger partial charge in [0.1, 0.15) is 17.2 Å². The molecule has 3 rings (SSSR count). The van der Waals surface area contributed by atoms with Crippen LogP contribution in [0.5, 0.6) is 0 Å². The Morgan fingerprint density at radius 1 is 1.09 bits per heavy atom. The fourth-order valence-electron chi connectivity index (χ4n) is 2.83. The Kier molecular flexibility index (Phi) is 3.28. The van der Waals surface area contributed by atoms with Gasteiger partial charge in [-0.15, -0.1) is 4.91 Å². The predicted molar refractivity (Wildman–Crippen MR) is 85.0 cm³/mol. The molecule has 0 aliphatic rings. The zero-order valence-electron chi connectivity index (χ0n) is 12.9. The van der Waals surface area contributed by atoms with Crippen molar-refractivity contribution in [3.05, 3.63) is 57.4 Å². The van der Waals surface area contributed by atoms with Gasteiger partial charge < -0.3 is 0 Å². The van der Waals surface area contributed by atoms with Gasteiger partial charge in [0.2, 0.25) is 5.82 Å². The van der Waals surface area contributed by atoms with Crippen molar-refractivity contribution >= 4 is 11.5 Å². The lowest BCUT2D eigenvalue weighted by Gasteiger charge is -2.13. The van der Waals surface area contributed by atoms with Crippen molar-refractivity contribution in [2.75, 3.05) is 0 Å². The molecule has 112 valence electrons. The Morgan fingerprint density at radius 2 is 1.73 bits per heavy atom. The van der Waals surface area contributed by atoms with Crippen molar-refractivity contribution in [1.82, 2.24) is 9.38 Å². The Labute approximate surface area is 127 Å². The number of hydrogen-bond donors (Lipinski definition) is 0. The highest BCUT2D eigenvalue weighted by Gasteiger charge is 2.20. The van der Waals surface area contributed by atoms with E-state index in [-0.39, 0.29) is 5.82 Å². The number of aryl methyl sites for hydroxylation is 2. The topological polar surface area (TPSA) is 46.7 Å². The quantitative estimate of drug-likeness (QED) is 0.639. The Bertz CT molecular complexity index is 886. The van der Waals surface area contributed by atoms with Gasteiger partial charge in [0.05, 0.1) is 0 Å². The molecule has 0 fully saturated rings. The number of hydrogen-bond acceptors (Lipinski definition) is 3. The van der Waals surface area contributed by atoms with Crippen LogP contribution in [0.4, 0.5) is 10.2 Å². The number of pyridine rings is 1. The smallest absolute Gasteiger partial charge is 0.209 e. The minimum absolute atomic E-state index is 0.130. The van der Waals surface area contributed by atoms with E-state index in [1.165, 1.54) is 16.7 Å². The molecule has 0 spiro atoms. The van der Waals surface area contributed by atoms with Crippen molar-refractivity contribution in [2.24, 2.45) is 5.18 Å². The highest BCUT2D eigenvalue weighted by Crippen LogP contribution is 2.37. The van der Waals surface area contributed by atoms with Crippen LogP contribution in [0.15, 0.2) is 29.6 Å². The summed E-state index contributed by atoms with van der Waals surface area (Å²) in [5, 5.41) is 3.10. The average molecular weight is 297 g/mol. The van der Waals surface area contributed by atoms with Crippen molar-refractivity contribution in [1.29, 1.82) is 0 Å². The maximum absolute atomic E-state index is 13.5. The van der Waals surface area contributed by atoms with Gasteiger partial charge in [-0.2, -0.15) is 0 Å². The van der Waals surface area contributed by atoms with E-state index in [1.54, 1.807) is 6.07 Å². The molecule has 1 aromatic carbocycles. The number of halogens is 1. The molecule has 0 saturated carbocycles. The normalized spacial score (nSPS) is 11.1. The van der Waals surface area contributed by atoms with Gasteiger partial charge in [-0.3, -0.25) is 4.40 Å². The van der Waals surface area contributed by atoms with E-state index in [1.807, 2.05) is 27.7 Å².